The van der Waals surface area contributed by atoms with Crippen molar-refractivity contribution in [2.45, 2.75) is 31.7 Å². The van der Waals surface area contributed by atoms with Gasteiger partial charge in [0.25, 0.3) is 0 Å². The van der Waals surface area contributed by atoms with E-state index in [0.29, 0.717) is 12.6 Å². The van der Waals surface area contributed by atoms with Crippen molar-refractivity contribution in [1.82, 2.24) is 0 Å². The maximum atomic E-state index is 13.2. The smallest absolute Gasteiger partial charge is 0.125 e. The molecular weight excluding hydrogens is 205 g/mol. The first-order valence-corrected chi connectivity index (χ1v) is 5.94. The van der Waals surface area contributed by atoms with E-state index in [1.807, 2.05) is 6.07 Å². The molecule has 1 aliphatic carbocycles. The third-order valence-corrected chi connectivity index (χ3v) is 3.25. The van der Waals surface area contributed by atoms with Crippen molar-refractivity contribution < 1.29 is 9.50 Å². The molecule has 0 radical (unpaired) electrons. The van der Waals surface area contributed by atoms with Gasteiger partial charge in [0.05, 0.1) is 6.61 Å². The van der Waals surface area contributed by atoms with Gasteiger partial charge in [0, 0.05) is 18.3 Å². The summed E-state index contributed by atoms with van der Waals surface area (Å²) in [5, 5.41) is 9.09. The molecule has 0 amide bonds. The molecule has 16 heavy (non-hydrogen) atoms. The lowest BCUT2D eigenvalue weighted by molar-refractivity contribution is 0.297. The standard InChI is InChI=1S/C13H18FNO/c14-11-4-3-7-13(10-11)15(8-9-16)12-5-1-2-6-12/h3-4,7,10,12,16H,1-2,5-6,8-9H2. The molecule has 88 valence electrons. The molecule has 2 nitrogen and oxygen atoms in total. The zero-order valence-corrected chi connectivity index (χ0v) is 9.40. The fourth-order valence-electron chi connectivity index (χ4n) is 2.50. The summed E-state index contributed by atoms with van der Waals surface area (Å²) in [6, 6.07) is 7.11. The molecule has 3 heteroatoms. The van der Waals surface area contributed by atoms with Gasteiger partial charge in [-0.05, 0) is 31.0 Å². The first kappa shape index (κ1) is 11.4. The van der Waals surface area contributed by atoms with E-state index in [9.17, 15) is 4.39 Å². The first-order valence-electron chi connectivity index (χ1n) is 5.94. The lowest BCUT2D eigenvalue weighted by Crippen LogP contribution is -2.35. The summed E-state index contributed by atoms with van der Waals surface area (Å²) in [6.45, 7) is 0.709. The van der Waals surface area contributed by atoms with Gasteiger partial charge in [-0.3, -0.25) is 0 Å². The summed E-state index contributed by atoms with van der Waals surface area (Å²) in [5.74, 6) is -0.210. The van der Waals surface area contributed by atoms with Crippen LogP contribution in [0.15, 0.2) is 24.3 Å². The van der Waals surface area contributed by atoms with Gasteiger partial charge in [0.15, 0.2) is 0 Å². The number of nitrogens with zero attached hydrogens (tertiary/aromatic N) is 1. The van der Waals surface area contributed by atoms with E-state index in [1.54, 1.807) is 12.1 Å². The van der Waals surface area contributed by atoms with Crippen LogP contribution in [0.2, 0.25) is 0 Å². The van der Waals surface area contributed by atoms with Crippen LogP contribution in [0.25, 0.3) is 0 Å². The number of anilines is 1. The molecular formula is C13H18FNO. The van der Waals surface area contributed by atoms with E-state index >= 15 is 0 Å². The monoisotopic (exact) mass is 223 g/mol. The van der Waals surface area contributed by atoms with Crippen LogP contribution < -0.4 is 4.90 Å². The van der Waals surface area contributed by atoms with Gasteiger partial charge in [-0.1, -0.05) is 18.9 Å². The quantitative estimate of drug-likeness (QED) is 0.848. The first-order chi connectivity index (χ1) is 7.81. The van der Waals surface area contributed by atoms with Gasteiger partial charge >= 0.3 is 0 Å². The third-order valence-electron chi connectivity index (χ3n) is 3.25. The number of aliphatic hydroxyl groups excluding tert-OH is 1. The zero-order valence-electron chi connectivity index (χ0n) is 9.40. The molecule has 0 aliphatic heterocycles. The van der Waals surface area contributed by atoms with Crippen molar-refractivity contribution in [2.75, 3.05) is 18.1 Å². The summed E-state index contributed by atoms with van der Waals surface area (Å²) in [6.07, 6.45) is 4.77. The number of aliphatic hydroxyl groups is 1. The molecule has 0 bridgehead atoms. The minimum absolute atomic E-state index is 0.118. The molecule has 0 saturated heterocycles. The van der Waals surface area contributed by atoms with Crippen LogP contribution in [0, 0.1) is 5.82 Å². The average Bonchev–Trinajstić information content (AvgIpc) is 2.79. The van der Waals surface area contributed by atoms with Crippen LogP contribution in [0.1, 0.15) is 25.7 Å². The normalized spacial score (nSPS) is 16.6. The molecule has 1 aromatic rings. The summed E-state index contributed by atoms with van der Waals surface area (Å²) >= 11 is 0. The van der Waals surface area contributed by atoms with E-state index in [0.717, 1.165) is 18.5 Å². The molecule has 0 heterocycles. The molecule has 0 unspecified atom stereocenters. The van der Waals surface area contributed by atoms with E-state index < -0.39 is 0 Å². The third kappa shape index (κ3) is 2.53. The minimum Gasteiger partial charge on any atom is -0.395 e. The Hall–Kier alpha value is -1.09. The predicted octanol–water partition coefficient (Wildman–Crippen LogP) is 2.57. The molecule has 0 aromatic heterocycles. The van der Waals surface area contributed by atoms with Crippen LogP contribution in [0.3, 0.4) is 0 Å². The van der Waals surface area contributed by atoms with Crippen molar-refractivity contribution in [3.05, 3.63) is 30.1 Å². The number of hydrogen-bond acceptors (Lipinski definition) is 2. The lowest BCUT2D eigenvalue weighted by Gasteiger charge is -2.30. The van der Waals surface area contributed by atoms with E-state index in [-0.39, 0.29) is 12.4 Å². The van der Waals surface area contributed by atoms with Crippen molar-refractivity contribution in [3.8, 4) is 0 Å². The Balaban J connectivity index is 2.17. The molecule has 1 fully saturated rings. The van der Waals surface area contributed by atoms with E-state index in [2.05, 4.69) is 4.90 Å². The lowest BCUT2D eigenvalue weighted by atomic mass is 10.1. The van der Waals surface area contributed by atoms with Crippen LogP contribution in [-0.2, 0) is 0 Å². The minimum atomic E-state index is -0.210. The van der Waals surface area contributed by atoms with Gasteiger partial charge in [-0.2, -0.15) is 0 Å². The predicted molar refractivity (Wildman–Crippen MR) is 63.1 cm³/mol. The molecule has 1 N–H and O–H groups in total. The topological polar surface area (TPSA) is 23.5 Å². The summed E-state index contributed by atoms with van der Waals surface area (Å²) < 4.78 is 13.2. The Labute approximate surface area is 95.7 Å². The Morgan fingerprint density at radius 3 is 2.69 bits per heavy atom. The van der Waals surface area contributed by atoms with E-state index in [1.165, 1.54) is 18.9 Å². The Morgan fingerprint density at radius 1 is 1.31 bits per heavy atom. The SMILES string of the molecule is OCCN(c1cccc(F)c1)C1CCCC1. The van der Waals surface area contributed by atoms with Gasteiger partial charge in [0.1, 0.15) is 5.82 Å². The van der Waals surface area contributed by atoms with Gasteiger partial charge < -0.3 is 10.0 Å². The van der Waals surface area contributed by atoms with Crippen LogP contribution in [-0.4, -0.2) is 24.3 Å². The number of rotatable bonds is 4. The largest absolute Gasteiger partial charge is 0.395 e. The number of halogens is 1. The van der Waals surface area contributed by atoms with Crippen LogP contribution in [0.5, 0.6) is 0 Å². The van der Waals surface area contributed by atoms with E-state index in [4.69, 9.17) is 5.11 Å². The molecule has 0 atom stereocenters. The second-order valence-corrected chi connectivity index (χ2v) is 4.34. The van der Waals surface area contributed by atoms with Crippen molar-refractivity contribution in [1.29, 1.82) is 0 Å². The number of benzene rings is 1. The average molecular weight is 223 g/mol. The van der Waals surface area contributed by atoms with Gasteiger partial charge in [-0.15, -0.1) is 0 Å². The fourth-order valence-corrected chi connectivity index (χ4v) is 2.50. The Kier molecular flexibility index (Phi) is 3.78. The van der Waals surface area contributed by atoms with Crippen molar-refractivity contribution in [2.24, 2.45) is 0 Å². The molecule has 2 rings (SSSR count). The highest BCUT2D eigenvalue weighted by atomic mass is 19.1. The Morgan fingerprint density at radius 2 is 2.06 bits per heavy atom. The summed E-state index contributed by atoms with van der Waals surface area (Å²) in [7, 11) is 0. The second kappa shape index (κ2) is 5.30. The highest BCUT2D eigenvalue weighted by Gasteiger charge is 2.22. The maximum absolute atomic E-state index is 13.2. The highest BCUT2D eigenvalue weighted by molar-refractivity contribution is 5.47. The maximum Gasteiger partial charge on any atom is 0.125 e. The van der Waals surface area contributed by atoms with Crippen LogP contribution in [0.4, 0.5) is 10.1 Å². The molecule has 1 aromatic carbocycles. The fraction of sp³-hybridized carbons (Fsp3) is 0.538. The zero-order chi connectivity index (χ0) is 11.4. The molecule has 1 saturated carbocycles. The van der Waals surface area contributed by atoms with Crippen molar-refractivity contribution >= 4 is 5.69 Å². The molecule has 1 aliphatic rings. The van der Waals surface area contributed by atoms with Gasteiger partial charge in [0.2, 0.25) is 0 Å². The van der Waals surface area contributed by atoms with Crippen molar-refractivity contribution in [3.63, 3.8) is 0 Å². The summed E-state index contributed by atoms with van der Waals surface area (Å²) in [4.78, 5) is 2.13. The summed E-state index contributed by atoms with van der Waals surface area (Å²) in [5.41, 5.74) is 0.890. The van der Waals surface area contributed by atoms with Gasteiger partial charge in [-0.25, -0.2) is 4.39 Å². The Bertz CT molecular complexity index is 336. The highest BCUT2D eigenvalue weighted by Crippen LogP contribution is 2.28. The van der Waals surface area contributed by atoms with Crippen LogP contribution >= 0.6 is 0 Å². The molecule has 0 spiro atoms. The number of hydrogen-bond donors (Lipinski definition) is 1. The second-order valence-electron chi connectivity index (χ2n) is 4.34.